The van der Waals surface area contributed by atoms with Crippen molar-refractivity contribution in [1.29, 1.82) is 0 Å². The Balaban J connectivity index is 1.59. The summed E-state index contributed by atoms with van der Waals surface area (Å²) in [6.07, 6.45) is 5.60. The molecule has 0 saturated heterocycles. The summed E-state index contributed by atoms with van der Waals surface area (Å²) in [7, 11) is 0. The number of halogens is 1. The second-order valence-electron chi connectivity index (χ2n) is 7.84. The van der Waals surface area contributed by atoms with Crippen molar-refractivity contribution in [1.82, 2.24) is 9.55 Å². The highest BCUT2D eigenvalue weighted by atomic mass is 35.5. The molecule has 1 heterocycles. The van der Waals surface area contributed by atoms with Crippen LogP contribution < -0.4 is 5.73 Å². The zero-order valence-corrected chi connectivity index (χ0v) is 18.2. The van der Waals surface area contributed by atoms with Gasteiger partial charge in [0.1, 0.15) is 5.82 Å². The molecule has 5 rings (SSSR count). The topological polar surface area (TPSA) is 43.8 Å². The Kier molecular flexibility index (Phi) is 5.13. The summed E-state index contributed by atoms with van der Waals surface area (Å²) < 4.78 is 2.26. The van der Waals surface area contributed by atoms with E-state index < -0.39 is 0 Å². The van der Waals surface area contributed by atoms with Crippen molar-refractivity contribution in [2.24, 2.45) is 5.73 Å². The van der Waals surface area contributed by atoms with E-state index in [0.29, 0.717) is 0 Å². The SMILES string of the molecule is CCc1nc2ccccc2n1-c1cccc(-c2cccc(C3=CC(N)=CCC3Cl)c2)c1. The summed E-state index contributed by atoms with van der Waals surface area (Å²) in [6.45, 7) is 2.14. The van der Waals surface area contributed by atoms with Crippen LogP contribution in [0.2, 0.25) is 0 Å². The second kappa shape index (κ2) is 8.09. The largest absolute Gasteiger partial charge is 0.399 e. The maximum atomic E-state index is 6.58. The summed E-state index contributed by atoms with van der Waals surface area (Å²) in [5.41, 5.74) is 14.6. The third-order valence-corrected chi connectivity index (χ3v) is 6.21. The van der Waals surface area contributed by atoms with Crippen LogP contribution in [0.25, 0.3) is 33.4 Å². The minimum atomic E-state index is -0.0571. The molecule has 2 N–H and O–H groups in total. The van der Waals surface area contributed by atoms with Crippen LogP contribution >= 0.6 is 11.6 Å². The average Bonchev–Trinajstić information content (AvgIpc) is 3.19. The number of hydrogen-bond donors (Lipinski definition) is 1. The number of allylic oxidation sites excluding steroid dienone is 3. The Hall–Kier alpha value is -3.30. The fourth-order valence-corrected chi connectivity index (χ4v) is 4.54. The van der Waals surface area contributed by atoms with Crippen LogP contribution in [0.3, 0.4) is 0 Å². The number of nitrogens with zero attached hydrogens (tertiary/aromatic N) is 2. The highest BCUT2D eigenvalue weighted by molar-refractivity contribution is 6.26. The smallest absolute Gasteiger partial charge is 0.114 e. The third kappa shape index (κ3) is 3.66. The van der Waals surface area contributed by atoms with E-state index in [2.05, 4.69) is 78.2 Å². The summed E-state index contributed by atoms with van der Waals surface area (Å²) in [5.74, 6) is 1.06. The van der Waals surface area contributed by atoms with Gasteiger partial charge in [0.2, 0.25) is 0 Å². The minimum absolute atomic E-state index is 0.0571. The zero-order valence-electron chi connectivity index (χ0n) is 17.4. The summed E-state index contributed by atoms with van der Waals surface area (Å²) in [5, 5.41) is -0.0571. The molecule has 0 saturated carbocycles. The van der Waals surface area contributed by atoms with Gasteiger partial charge in [0.25, 0.3) is 0 Å². The number of benzene rings is 3. The molecular formula is C27H24ClN3. The number of hydrogen-bond acceptors (Lipinski definition) is 2. The molecule has 0 radical (unpaired) electrons. The van der Waals surface area contributed by atoms with Gasteiger partial charge in [-0.3, -0.25) is 4.57 Å². The fraction of sp³-hybridized carbons (Fsp3) is 0.148. The van der Waals surface area contributed by atoms with Crippen molar-refractivity contribution in [2.45, 2.75) is 25.1 Å². The van der Waals surface area contributed by atoms with Gasteiger partial charge in [0.05, 0.1) is 16.4 Å². The van der Waals surface area contributed by atoms with Crippen molar-refractivity contribution in [2.75, 3.05) is 0 Å². The molecule has 0 spiro atoms. The van der Waals surface area contributed by atoms with Crippen molar-refractivity contribution in [3.05, 3.63) is 102 Å². The molecule has 154 valence electrons. The average molecular weight is 426 g/mol. The maximum Gasteiger partial charge on any atom is 0.114 e. The van der Waals surface area contributed by atoms with Crippen molar-refractivity contribution < 1.29 is 0 Å². The van der Waals surface area contributed by atoms with Gasteiger partial charge in [-0.15, -0.1) is 11.6 Å². The van der Waals surface area contributed by atoms with Crippen LogP contribution in [-0.2, 0) is 6.42 Å². The monoisotopic (exact) mass is 425 g/mol. The Morgan fingerprint density at radius 1 is 0.968 bits per heavy atom. The molecule has 0 amide bonds. The van der Waals surface area contributed by atoms with E-state index in [1.165, 1.54) is 0 Å². The molecule has 1 aromatic heterocycles. The van der Waals surface area contributed by atoms with Gasteiger partial charge in [-0.25, -0.2) is 4.98 Å². The molecule has 3 aromatic carbocycles. The molecule has 1 aliphatic rings. The first kappa shape index (κ1) is 19.7. The van der Waals surface area contributed by atoms with Crippen LogP contribution in [0.4, 0.5) is 0 Å². The number of rotatable bonds is 4. The number of alkyl halides is 1. The zero-order chi connectivity index (χ0) is 21.4. The first-order valence-electron chi connectivity index (χ1n) is 10.6. The number of nitrogens with two attached hydrogens (primary N) is 1. The van der Waals surface area contributed by atoms with Gasteiger partial charge in [-0.1, -0.05) is 55.5 Å². The lowest BCUT2D eigenvalue weighted by Gasteiger charge is -2.18. The highest BCUT2D eigenvalue weighted by Crippen LogP contribution is 2.33. The molecular weight excluding hydrogens is 402 g/mol. The first-order chi connectivity index (χ1) is 15.1. The highest BCUT2D eigenvalue weighted by Gasteiger charge is 2.17. The van der Waals surface area contributed by atoms with E-state index in [-0.39, 0.29) is 5.38 Å². The number of imidazole rings is 1. The van der Waals surface area contributed by atoms with Gasteiger partial charge >= 0.3 is 0 Å². The Morgan fingerprint density at radius 3 is 2.55 bits per heavy atom. The normalized spacial score (nSPS) is 16.3. The van der Waals surface area contributed by atoms with Crippen LogP contribution in [0.1, 0.15) is 24.7 Å². The molecule has 1 unspecified atom stereocenters. The molecule has 31 heavy (non-hydrogen) atoms. The van der Waals surface area contributed by atoms with Gasteiger partial charge in [0.15, 0.2) is 0 Å². The number of fused-ring (bicyclic) bond motifs is 1. The lowest BCUT2D eigenvalue weighted by Crippen LogP contribution is -2.09. The quantitative estimate of drug-likeness (QED) is 0.379. The van der Waals surface area contributed by atoms with Gasteiger partial charge in [-0.2, -0.15) is 0 Å². The molecule has 4 aromatic rings. The Morgan fingerprint density at radius 2 is 1.71 bits per heavy atom. The van der Waals surface area contributed by atoms with Gasteiger partial charge in [0, 0.05) is 17.8 Å². The second-order valence-corrected chi connectivity index (χ2v) is 8.37. The van der Waals surface area contributed by atoms with E-state index in [9.17, 15) is 0 Å². The van der Waals surface area contributed by atoms with Gasteiger partial charge < -0.3 is 5.73 Å². The lowest BCUT2D eigenvalue weighted by molar-refractivity contribution is 0.908. The summed E-state index contributed by atoms with van der Waals surface area (Å²) in [6, 6.07) is 25.5. The van der Waals surface area contributed by atoms with Gasteiger partial charge in [-0.05, 0) is 65.1 Å². The van der Waals surface area contributed by atoms with E-state index in [4.69, 9.17) is 22.3 Å². The lowest BCUT2D eigenvalue weighted by atomic mass is 9.93. The predicted molar refractivity (Wildman–Crippen MR) is 130 cm³/mol. The number of aryl methyl sites for hydroxylation is 1. The van der Waals surface area contributed by atoms with Crippen LogP contribution in [0.15, 0.2) is 90.6 Å². The predicted octanol–water partition coefficient (Wildman–Crippen LogP) is 6.49. The molecule has 0 aliphatic heterocycles. The van der Waals surface area contributed by atoms with Crippen molar-refractivity contribution in [3.63, 3.8) is 0 Å². The molecule has 3 nitrogen and oxygen atoms in total. The molecule has 1 atom stereocenters. The molecule has 4 heteroatoms. The standard InChI is InChI=1S/C27H24ClN3/c1-2-27-30-25-11-3-4-12-26(25)31(27)22-10-6-8-19(16-22)18-7-5-9-20(15-18)23-17-21(29)13-14-24(23)28/h3-13,15-17,24H,2,14,29H2,1H3. The van der Waals surface area contributed by atoms with E-state index >= 15 is 0 Å². The van der Waals surface area contributed by atoms with Crippen LogP contribution in [0.5, 0.6) is 0 Å². The van der Waals surface area contributed by atoms with Crippen LogP contribution in [0, 0.1) is 0 Å². The Bertz CT molecular complexity index is 1330. The summed E-state index contributed by atoms with van der Waals surface area (Å²) in [4.78, 5) is 4.82. The number of aromatic nitrogens is 2. The Labute approximate surface area is 187 Å². The summed E-state index contributed by atoms with van der Waals surface area (Å²) >= 11 is 6.58. The van der Waals surface area contributed by atoms with Crippen molar-refractivity contribution >= 4 is 28.2 Å². The maximum absolute atomic E-state index is 6.58. The number of para-hydroxylation sites is 2. The molecule has 0 bridgehead atoms. The van der Waals surface area contributed by atoms with E-state index in [1.807, 2.05) is 18.2 Å². The molecule has 1 aliphatic carbocycles. The first-order valence-corrected chi connectivity index (χ1v) is 11.1. The van der Waals surface area contributed by atoms with E-state index in [0.717, 1.165) is 63.3 Å². The van der Waals surface area contributed by atoms with Crippen molar-refractivity contribution in [3.8, 4) is 16.8 Å². The fourth-order valence-electron chi connectivity index (χ4n) is 4.26. The minimum Gasteiger partial charge on any atom is -0.399 e. The van der Waals surface area contributed by atoms with E-state index in [1.54, 1.807) is 0 Å². The third-order valence-electron chi connectivity index (χ3n) is 5.80. The molecule has 0 fully saturated rings. The van der Waals surface area contributed by atoms with Crippen LogP contribution in [-0.4, -0.2) is 14.9 Å².